The zero-order chi connectivity index (χ0) is 23.2. The molecule has 34 heavy (non-hydrogen) atoms. The minimum absolute atomic E-state index is 0.0978. The summed E-state index contributed by atoms with van der Waals surface area (Å²) in [5.41, 5.74) is 3.23. The van der Waals surface area contributed by atoms with Gasteiger partial charge in [-0.25, -0.2) is 4.98 Å². The number of aryl methyl sites for hydroxylation is 2. The van der Waals surface area contributed by atoms with Crippen molar-refractivity contribution in [1.29, 1.82) is 0 Å². The number of H-pyrrole nitrogens is 1. The Morgan fingerprint density at radius 1 is 1.21 bits per heavy atom. The highest BCUT2D eigenvalue weighted by atomic mass is 35.5. The quantitative estimate of drug-likeness (QED) is 0.252. The van der Waals surface area contributed by atoms with E-state index in [4.69, 9.17) is 16.6 Å². The van der Waals surface area contributed by atoms with Gasteiger partial charge in [0, 0.05) is 21.0 Å². The zero-order valence-corrected chi connectivity index (χ0v) is 20.2. The van der Waals surface area contributed by atoms with Crippen LogP contribution in [-0.2, 0) is 17.6 Å². The lowest BCUT2D eigenvalue weighted by atomic mass is 10.2. The first kappa shape index (κ1) is 21.4. The molecule has 0 unspecified atom stereocenters. The summed E-state index contributed by atoms with van der Waals surface area (Å²) < 4.78 is 1.60. The second-order valence-electron chi connectivity index (χ2n) is 8.06. The molecule has 0 radical (unpaired) electrons. The number of anilines is 1. The highest BCUT2D eigenvalue weighted by Gasteiger charge is 2.24. The molecule has 3 heterocycles. The number of hydrogen-bond acceptors (Lipinski definition) is 6. The Labute approximate surface area is 207 Å². The van der Waals surface area contributed by atoms with Gasteiger partial charge in [0.25, 0.3) is 5.56 Å². The predicted molar refractivity (Wildman–Crippen MR) is 138 cm³/mol. The van der Waals surface area contributed by atoms with Gasteiger partial charge in [-0.2, -0.15) is 5.10 Å². The summed E-state index contributed by atoms with van der Waals surface area (Å²) in [4.78, 5) is 33.2. The fourth-order valence-electron chi connectivity index (χ4n) is 4.28. The van der Waals surface area contributed by atoms with Crippen molar-refractivity contribution < 1.29 is 4.79 Å². The predicted octanol–water partition coefficient (Wildman–Crippen LogP) is 5.20. The maximum Gasteiger partial charge on any atom is 0.267 e. The average Bonchev–Trinajstić information content (AvgIpc) is 3.54. The van der Waals surface area contributed by atoms with Crippen LogP contribution in [0.25, 0.3) is 26.8 Å². The van der Waals surface area contributed by atoms with Crippen LogP contribution in [0.4, 0.5) is 5.69 Å². The molecule has 2 N–H and O–H groups in total. The van der Waals surface area contributed by atoms with E-state index in [-0.39, 0.29) is 17.2 Å². The van der Waals surface area contributed by atoms with Gasteiger partial charge in [0.05, 0.1) is 28.5 Å². The Hall–Kier alpha value is -3.14. The van der Waals surface area contributed by atoms with Crippen molar-refractivity contribution in [3.63, 3.8) is 0 Å². The minimum atomic E-state index is -0.186. The first-order valence-corrected chi connectivity index (χ1v) is 12.9. The van der Waals surface area contributed by atoms with Crippen LogP contribution in [0.1, 0.15) is 16.9 Å². The van der Waals surface area contributed by atoms with E-state index in [1.54, 1.807) is 46.4 Å². The summed E-state index contributed by atoms with van der Waals surface area (Å²) in [7, 11) is 0. The third kappa shape index (κ3) is 3.79. The first-order chi connectivity index (χ1) is 16.6. The largest absolute Gasteiger partial charge is 0.325 e. The molecule has 1 aliphatic rings. The molecule has 3 aromatic heterocycles. The highest BCUT2D eigenvalue weighted by molar-refractivity contribution is 7.99. The number of nitrogens with one attached hydrogen (secondary N) is 2. The number of thioether (sulfide) groups is 1. The Bertz CT molecular complexity index is 1620. The number of halogens is 1. The van der Waals surface area contributed by atoms with Crippen LogP contribution >= 0.6 is 34.7 Å². The van der Waals surface area contributed by atoms with Gasteiger partial charge in [-0.1, -0.05) is 23.4 Å². The maximum atomic E-state index is 13.7. The Kier molecular flexibility index (Phi) is 5.40. The van der Waals surface area contributed by atoms with Crippen LogP contribution < -0.4 is 10.9 Å². The molecule has 0 atom stereocenters. The number of fused-ring (bicyclic) bond motifs is 4. The van der Waals surface area contributed by atoms with E-state index in [2.05, 4.69) is 15.5 Å². The lowest BCUT2D eigenvalue weighted by Gasteiger charge is -2.13. The summed E-state index contributed by atoms with van der Waals surface area (Å²) in [6, 6.07) is 12.7. The lowest BCUT2D eigenvalue weighted by Crippen LogP contribution is -2.23. The Morgan fingerprint density at radius 2 is 2.06 bits per heavy atom. The topological polar surface area (TPSA) is 92.7 Å². The minimum Gasteiger partial charge on any atom is -0.325 e. The van der Waals surface area contributed by atoms with Crippen molar-refractivity contribution in [2.24, 2.45) is 0 Å². The lowest BCUT2D eigenvalue weighted by molar-refractivity contribution is -0.113. The van der Waals surface area contributed by atoms with Gasteiger partial charge in [0.15, 0.2) is 5.16 Å². The number of benzene rings is 2. The second kappa shape index (κ2) is 8.57. The molecule has 7 nitrogen and oxygen atoms in total. The molecule has 5 aromatic rings. The van der Waals surface area contributed by atoms with Crippen LogP contribution in [0.5, 0.6) is 0 Å². The monoisotopic (exact) mass is 507 g/mol. The number of carbonyl (C=O) groups excluding carboxylic acids is 1. The number of carbonyl (C=O) groups is 1. The Balaban J connectivity index is 1.33. The third-order valence-corrected chi connectivity index (χ3v) is 8.23. The molecule has 0 saturated carbocycles. The van der Waals surface area contributed by atoms with E-state index in [0.29, 0.717) is 26.9 Å². The number of hydrogen-bond donors (Lipinski definition) is 2. The number of nitrogens with zero attached hydrogens (tertiary/aromatic N) is 3. The maximum absolute atomic E-state index is 13.7. The van der Waals surface area contributed by atoms with Gasteiger partial charge < -0.3 is 5.32 Å². The van der Waals surface area contributed by atoms with Gasteiger partial charge in [-0.3, -0.25) is 19.3 Å². The molecule has 0 fully saturated rings. The molecule has 170 valence electrons. The van der Waals surface area contributed by atoms with E-state index < -0.39 is 0 Å². The summed E-state index contributed by atoms with van der Waals surface area (Å²) in [5.74, 6) is -0.0768. The smallest absolute Gasteiger partial charge is 0.267 e. The van der Waals surface area contributed by atoms with E-state index >= 15 is 0 Å². The average molecular weight is 508 g/mol. The van der Waals surface area contributed by atoms with E-state index in [9.17, 15) is 9.59 Å². The van der Waals surface area contributed by atoms with Crippen molar-refractivity contribution in [1.82, 2.24) is 19.7 Å². The van der Waals surface area contributed by atoms with Crippen molar-refractivity contribution >= 4 is 67.4 Å². The molecule has 6 rings (SSSR count). The van der Waals surface area contributed by atoms with E-state index in [1.807, 2.05) is 18.2 Å². The molecule has 10 heteroatoms. The normalized spacial score (nSPS) is 13.0. The van der Waals surface area contributed by atoms with E-state index in [1.165, 1.54) is 16.6 Å². The molecule has 0 bridgehead atoms. The standard InChI is InChI=1S/C24H18ClN5O2S2/c25-14-5-8-16(9-6-14)30-23(32)21-17-2-1-3-19(17)34-22(21)28-24(30)33-12-20(31)27-15-7-4-13-11-26-29-18(13)10-15/h4-11H,1-3,12H2,(H,26,29)(H,27,31). The van der Waals surface area contributed by atoms with Crippen LogP contribution in [0.2, 0.25) is 5.02 Å². The van der Waals surface area contributed by atoms with Crippen molar-refractivity contribution in [3.05, 3.63) is 74.5 Å². The van der Waals surface area contributed by atoms with Crippen LogP contribution in [0, 0.1) is 0 Å². The fraction of sp³-hybridized carbons (Fsp3) is 0.167. The number of aromatic amines is 1. The molecule has 0 aliphatic heterocycles. The molecular formula is C24H18ClN5O2S2. The van der Waals surface area contributed by atoms with Gasteiger partial charge in [0.2, 0.25) is 5.91 Å². The molecule has 0 spiro atoms. The van der Waals surface area contributed by atoms with Crippen molar-refractivity contribution in [2.45, 2.75) is 24.4 Å². The second-order valence-corrected chi connectivity index (χ2v) is 10.5. The summed E-state index contributed by atoms with van der Waals surface area (Å²) in [6.45, 7) is 0. The fourth-order valence-corrected chi connectivity index (χ4v) is 6.52. The summed E-state index contributed by atoms with van der Waals surface area (Å²) in [6.07, 6.45) is 4.69. The Morgan fingerprint density at radius 3 is 2.91 bits per heavy atom. The number of rotatable bonds is 5. The van der Waals surface area contributed by atoms with Gasteiger partial charge >= 0.3 is 0 Å². The van der Waals surface area contributed by atoms with Crippen molar-refractivity contribution in [3.8, 4) is 5.69 Å². The van der Waals surface area contributed by atoms with Gasteiger partial charge in [-0.15, -0.1) is 11.3 Å². The molecule has 2 aromatic carbocycles. The highest BCUT2D eigenvalue weighted by Crippen LogP contribution is 2.36. The van der Waals surface area contributed by atoms with Crippen LogP contribution in [-0.4, -0.2) is 31.4 Å². The zero-order valence-electron chi connectivity index (χ0n) is 17.8. The number of aromatic nitrogens is 4. The van der Waals surface area contributed by atoms with Crippen LogP contribution in [0.15, 0.2) is 58.6 Å². The van der Waals surface area contributed by atoms with Crippen LogP contribution in [0.3, 0.4) is 0 Å². The van der Waals surface area contributed by atoms with Gasteiger partial charge in [0.1, 0.15) is 4.83 Å². The molecule has 1 aliphatic carbocycles. The molecule has 1 amide bonds. The summed E-state index contributed by atoms with van der Waals surface area (Å²) in [5, 5.41) is 12.6. The molecular weight excluding hydrogens is 490 g/mol. The number of amides is 1. The van der Waals surface area contributed by atoms with Crippen molar-refractivity contribution in [2.75, 3.05) is 11.1 Å². The number of thiophene rings is 1. The third-order valence-electron chi connectivity index (χ3n) is 5.85. The molecule has 0 saturated heterocycles. The van der Waals surface area contributed by atoms with E-state index in [0.717, 1.165) is 40.6 Å². The first-order valence-electron chi connectivity index (χ1n) is 10.8. The summed E-state index contributed by atoms with van der Waals surface area (Å²) >= 11 is 8.91. The SMILES string of the molecule is O=C(CSc1nc2sc3c(c2c(=O)n1-c1ccc(Cl)cc1)CCC3)Nc1ccc2cn[nH]c2c1. The van der Waals surface area contributed by atoms with Gasteiger partial charge in [-0.05, 0) is 67.3 Å².